The van der Waals surface area contributed by atoms with Gasteiger partial charge in [-0.3, -0.25) is 4.79 Å². The van der Waals surface area contributed by atoms with Gasteiger partial charge < -0.3 is 11.1 Å². The van der Waals surface area contributed by atoms with E-state index in [2.05, 4.69) is 5.32 Å². The molecule has 1 rings (SSSR count). The topological polar surface area (TPSA) is 55.1 Å². The van der Waals surface area contributed by atoms with Crippen LogP contribution in [0.2, 0.25) is 10.0 Å². The summed E-state index contributed by atoms with van der Waals surface area (Å²) in [5, 5.41) is 3.50. The van der Waals surface area contributed by atoms with Crippen molar-refractivity contribution in [1.29, 1.82) is 0 Å². The molecule has 1 atom stereocenters. The van der Waals surface area contributed by atoms with Gasteiger partial charge >= 0.3 is 0 Å². The highest BCUT2D eigenvalue weighted by Gasteiger charge is 2.15. The van der Waals surface area contributed by atoms with Crippen LogP contribution in [0.3, 0.4) is 0 Å². The second kappa shape index (κ2) is 5.53. The first kappa shape index (κ1) is 13.3. The first-order valence-electron chi connectivity index (χ1n) is 4.98. The zero-order chi connectivity index (χ0) is 12.3. The molecule has 0 spiro atoms. The van der Waals surface area contributed by atoms with Crippen LogP contribution in [0.4, 0.5) is 5.69 Å². The fourth-order valence-electron chi connectivity index (χ4n) is 1.17. The minimum Gasteiger partial charge on any atom is -0.322 e. The number of anilines is 1. The van der Waals surface area contributed by atoms with Gasteiger partial charge in [0, 0.05) is 0 Å². The van der Waals surface area contributed by atoms with Gasteiger partial charge in [0.05, 0.1) is 21.8 Å². The van der Waals surface area contributed by atoms with E-state index >= 15 is 0 Å². The second-order valence-corrected chi connectivity index (χ2v) is 4.34. The summed E-state index contributed by atoms with van der Waals surface area (Å²) in [6.45, 7) is 3.68. The standard InChI is InChI=1S/C11H14Cl2N2O/c1-3-8(14)11(16)15-10-7(12)5-4-6(2)9(10)13/h4-5,8H,3,14H2,1-2H3,(H,15,16)/t8-/m1/s1. The molecule has 16 heavy (non-hydrogen) atoms. The van der Waals surface area contributed by atoms with Crippen molar-refractivity contribution >= 4 is 34.8 Å². The van der Waals surface area contributed by atoms with E-state index in [9.17, 15) is 4.79 Å². The molecule has 3 nitrogen and oxygen atoms in total. The Bertz CT molecular complexity index is 407. The zero-order valence-corrected chi connectivity index (χ0v) is 10.7. The summed E-state index contributed by atoms with van der Waals surface area (Å²) in [5.74, 6) is -0.281. The van der Waals surface area contributed by atoms with E-state index in [0.717, 1.165) is 5.56 Å². The number of halogens is 2. The monoisotopic (exact) mass is 260 g/mol. The Morgan fingerprint density at radius 1 is 1.50 bits per heavy atom. The maximum atomic E-state index is 11.6. The van der Waals surface area contributed by atoms with Crippen LogP contribution >= 0.6 is 23.2 Å². The molecule has 0 radical (unpaired) electrons. The number of aryl methyl sites for hydroxylation is 1. The molecule has 0 aliphatic heterocycles. The Kier molecular flexibility index (Phi) is 4.59. The van der Waals surface area contributed by atoms with Crippen molar-refractivity contribution in [3.63, 3.8) is 0 Å². The Hall–Kier alpha value is -0.770. The Morgan fingerprint density at radius 3 is 2.69 bits per heavy atom. The highest BCUT2D eigenvalue weighted by Crippen LogP contribution is 2.32. The van der Waals surface area contributed by atoms with Gasteiger partial charge in [-0.25, -0.2) is 0 Å². The third kappa shape index (κ3) is 2.88. The minimum absolute atomic E-state index is 0.281. The molecular formula is C11H14Cl2N2O. The molecule has 1 aromatic carbocycles. The molecule has 0 aromatic heterocycles. The van der Waals surface area contributed by atoms with Crippen LogP contribution in [-0.4, -0.2) is 11.9 Å². The van der Waals surface area contributed by atoms with Gasteiger partial charge in [0.2, 0.25) is 5.91 Å². The van der Waals surface area contributed by atoms with E-state index in [0.29, 0.717) is 22.2 Å². The smallest absolute Gasteiger partial charge is 0.241 e. The van der Waals surface area contributed by atoms with Crippen molar-refractivity contribution in [2.75, 3.05) is 5.32 Å². The van der Waals surface area contributed by atoms with Crippen LogP contribution in [0.25, 0.3) is 0 Å². The van der Waals surface area contributed by atoms with Crippen molar-refractivity contribution in [3.05, 3.63) is 27.7 Å². The molecule has 1 aromatic rings. The number of carbonyl (C=O) groups excluding carboxylic acids is 1. The molecule has 0 heterocycles. The third-order valence-electron chi connectivity index (χ3n) is 2.31. The third-order valence-corrected chi connectivity index (χ3v) is 3.11. The maximum Gasteiger partial charge on any atom is 0.241 e. The summed E-state index contributed by atoms with van der Waals surface area (Å²) < 4.78 is 0. The average molecular weight is 261 g/mol. The summed E-state index contributed by atoms with van der Waals surface area (Å²) in [4.78, 5) is 11.6. The number of nitrogens with two attached hydrogens (primary N) is 1. The lowest BCUT2D eigenvalue weighted by atomic mass is 10.2. The van der Waals surface area contributed by atoms with Gasteiger partial charge in [0.1, 0.15) is 0 Å². The molecule has 5 heteroatoms. The quantitative estimate of drug-likeness (QED) is 0.878. The number of hydrogen-bond donors (Lipinski definition) is 2. The normalized spacial score (nSPS) is 12.3. The van der Waals surface area contributed by atoms with E-state index < -0.39 is 6.04 Å². The zero-order valence-electron chi connectivity index (χ0n) is 9.18. The van der Waals surface area contributed by atoms with E-state index in [1.54, 1.807) is 12.1 Å². The number of amides is 1. The summed E-state index contributed by atoms with van der Waals surface area (Å²) in [6, 6.07) is 2.93. The SMILES string of the molecule is CC[C@@H](N)C(=O)Nc1c(Cl)ccc(C)c1Cl. The molecule has 0 saturated carbocycles. The van der Waals surface area contributed by atoms with Gasteiger partial charge in [-0.2, -0.15) is 0 Å². The van der Waals surface area contributed by atoms with Crippen LogP contribution in [0.1, 0.15) is 18.9 Å². The lowest BCUT2D eigenvalue weighted by molar-refractivity contribution is -0.117. The Morgan fingerprint density at radius 2 is 2.12 bits per heavy atom. The highest BCUT2D eigenvalue weighted by atomic mass is 35.5. The number of benzene rings is 1. The molecular weight excluding hydrogens is 247 g/mol. The molecule has 0 unspecified atom stereocenters. The lowest BCUT2D eigenvalue weighted by Gasteiger charge is -2.13. The van der Waals surface area contributed by atoms with Crippen molar-refractivity contribution in [3.8, 4) is 0 Å². The van der Waals surface area contributed by atoms with Crippen LogP contribution < -0.4 is 11.1 Å². The van der Waals surface area contributed by atoms with Gasteiger partial charge in [-0.15, -0.1) is 0 Å². The van der Waals surface area contributed by atoms with Crippen molar-refractivity contribution in [2.45, 2.75) is 26.3 Å². The number of hydrogen-bond acceptors (Lipinski definition) is 2. The number of rotatable bonds is 3. The molecule has 0 saturated heterocycles. The van der Waals surface area contributed by atoms with Gasteiger partial charge in [-0.1, -0.05) is 36.2 Å². The summed E-state index contributed by atoms with van der Waals surface area (Å²) >= 11 is 12.0. The van der Waals surface area contributed by atoms with Crippen LogP contribution in [0.5, 0.6) is 0 Å². The molecule has 3 N–H and O–H groups in total. The van der Waals surface area contributed by atoms with E-state index in [1.165, 1.54) is 0 Å². The van der Waals surface area contributed by atoms with E-state index in [1.807, 2.05) is 13.8 Å². The van der Waals surface area contributed by atoms with E-state index in [-0.39, 0.29) is 5.91 Å². The van der Waals surface area contributed by atoms with Crippen LogP contribution in [-0.2, 0) is 4.79 Å². The van der Waals surface area contributed by atoms with Crippen molar-refractivity contribution in [1.82, 2.24) is 0 Å². The highest BCUT2D eigenvalue weighted by molar-refractivity contribution is 6.40. The fraction of sp³-hybridized carbons (Fsp3) is 0.364. The summed E-state index contributed by atoms with van der Waals surface area (Å²) in [6.07, 6.45) is 0.562. The molecule has 0 aliphatic rings. The summed E-state index contributed by atoms with van der Waals surface area (Å²) in [7, 11) is 0. The predicted octanol–water partition coefficient (Wildman–Crippen LogP) is 2.98. The molecule has 88 valence electrons. The largest absolute Gasteiger partial charge is 0.322 e. The first-order chi connectivity index (χ1) is 7.47. The minimum atomic E-state index is -0.548. The number of carbonyl (C=O) groups is 1. The van der Waals surface area contributed by atoms with Crippen molar-refractivity contribution < 1.29 is 4.79 Å². The molecule has 0 fully saturated rings. The lowest BCUT2D eigenvalue weighted by Crippen LogP contribution is -2.35. The van der Waals surface area contributed by atoms with Crippen LogP contribution in [0.15, 0.2) is 12.1 Å². The number of nitrogens with one attached hydrogen (secondary N) is 1. The van der Waals surface area contributed by atoms with Gasteiger partial charge in [-0.05, 0) is 25.0 Å². The molecule has 1 amide bonds. The molecule has 0 bridgehead atoms. The fourth-order valence-corrected chi connectivity index (χ4v) is 1.64. The molecule has 0 aliphatic carbocycles. The van der Waals surface area contributed by atoms with Crippen LogP contribution in [0, 0.1) is 6.92 Å². The predicted molar refractivity (Wildman–Crippen MR) is 68.1 cm³/mol. The summed E-state index contributed by atoms with van der Waals surface area (Å²) in [5.41, 5.74) is 6.89. The maximum absolute atomic E-state index is 11.6. The van der Waals surface area contributed by atoms with E-state index in [4.69, 9.17) is 28.9 Å². The van der Waals surface area contributed by atoms with Gasteiger partial charge in [0.15, 0.2) is 0 Å². The van der Waals surface area contributed by atoms with Gasteiger partial charge in [0.25, 0.3) is 0 Å². The second-order valence-electron chi connectivity index (χ2n) is 3.56. The first-order valence-corrected chi connectivity index (χ1v) is 5.74. The average Bonchev–Trinajstić information content (AvgIpc) is 2.28. The Balaban J connectivity index is 2.97. The Labute approximate surface area is 105 Å². The van der Waals surface area contributed by atoms with Crippen molar-refractivity contribution in [2.24, 2.45) is 5.73 Å².